The molecule has 0 aliphatic heterocycles. The quantitative estimate of drug-likeness (QED) is 0.791. The summed E-state index contributed by atoms with van der Waals surface area (Å²) in [5, 5.41) is 28.2. The molecule has 0 bridgehead atoms. The standard InChI is InChI=1S/C15H20ClN3O2/c1-10-4-13(16)5-11(14(10)20)6-17-9-15(2,21)12-7-18-19(3)8-12/h4-5,7-8,17,20-21H,6,9H2,1-3H3. The van der Waals surface area contributed by atoms with E-state index in [9.17, 15) is 10.2 Å². The molecule has 0 radical (unpaired) electrons. The zero-order chi connectivity index (χ0) is 15.6. The number of rotatable bonds is 5. The van der Waals surface area contributed by atoms with Crippen LogP contribution in [-0.4, -0.2) is 26.5 Å². The summed E-state index contributed by atoms with van der Waals surface area (Å²) >= 11 is 5.99. The Labute approximate surface area is 129 Å². The maximum absolute atomic E-state index is 10.5. The molecule has 1 unspecified atom stereocenters. The molecule has 21 heavy (non-hydrogen) atoms. The third-order valence-corrected chi connectivity index (χ3v) is 3.67. The third-order valence-electron chi connectivity index (χ3n) is 3.46. The van der Waals surface area contributed by atoms with Crippen molar-refractivity contribution in [3.63, 3.8) is 0 Å². The fourth-order valence-corrected chi connectivity index (χ4v) is 2.48. The predicted octanol–water partition coefficient (Wildman–Crippen LogP) is 2.08. The van der Waals surface area contributed by atoms with Crippen molar-refractivity contribution in [2.45, 2.75) is 26.0 Å². The molecule has 0 amide bonds. The van der Waals surface area contributed by atoms with Gasteiger partial charge in [-0.1, -0.05) is 11.6 Å². The number of nitrogens with one attached hydrogen (secondary N) is 1. The minimum absolute atomic E-state index is 0.230. The molecule has 1 aromatic heterocycles. The van der Waals surface area contributed by atoms with E-state index in [2.05, 4.69) is 10.4 Å². The maximum atomic E-state index is 10.5. The van der Waals surface area contributed by atoms with Crippen LogP contribution < -0.4 is 5.32 Å². The summed E-state index contributed by atoms with van der Waals surface area (Å²) in [7, 11) is 1.81. The first-order valence-electron chi connectivity index (χ1n) is 6.70. The van der Waals surface area contributed by atoms with E-state index in [1.807, 2.05) is 0 Å². The molecule has 0 aliphatic carbocycles. The number of aromatic hydroxyl groups is 1. The Kier molecular flexibility index (Phi) is 4.56. The molecule has 2 aromatic rings. The molecule has 1 atom stereocenters. The van der Waals surface area contributed by atoms with Crippen LogP contribution in [0.4, 0.5) is 0 Å². The second-order valence-corrected chi connectivity index (χ2v) is 5.95. The average Bonchev–Trinajstić information content (AvgIpc) is 2.82. The van der Waals surface area contributed by atoms with Gasteiger partial charge in [-0.15, -0.1) is 0 Å². The van der Waals surface area contributed by atoms with Crippen LogP contribution in [-0.2, 0) is 19.2 Å². The monoisotopic (exact) mass is 309 g/mol. The SMILES string of the molecule is Cc1cc(Cl)cc(CNCC(C)(O)c2cnn(C)c2)c1O. The molecular formula is C15H20ClN3O2. The zero-order valence-corrected chi connectivity index (χ0v) is 13.1. The summed E-state index contributed by atoms with van der Waals surface area (Å²) in [4.78, 5) is 0. The van der Waals surface area contributed by atoms with Gasteiger partial charge >= 0.3 is 0 Å². The minimum atomic E-state index is -1.03. The largest absolute Gasteiger partial charge is 0.507 e. The van der Waals surface area contributed by atoms with Gasteiger partial charge in [0, 0.05) is 42.5 Å². The van der Waals surface area contributed by atoms with Crippen molar-refractivity contribution >= 4 is 11.6 Å². The molecule has 0 saturated heterocycles. The predicted molar refractivity (Wildman–Crippen MR) is 82.3 cm³/mol. The van der Waals surface area contributed by atoms with Crippen molar-refractivity contribution in [3.05, 3.63) is 46.2 Å². The molecule has 0 saturated carbocycles. The Morgan fingerprint density at radius 2 is 2.14 bits per heavy atom. The van der Waals surface area contributed by atoms with Crippen LogP contribution in [0, 0.1) is 6.92 Å². The summed E-state index contributed by atoms with van der Waals surface area (Å²) in [5.74, 6) is 0.230. The van der Waals surface area contributed by atoms with Crippen LogP contribution in [0.2, 0.25) is 5.02 Å². The van der Waals surface area contributed by atoms with Crippen molar-refractivity contribution in [1.82, 2.24) is 15.1 Å². The Bertz CT molecular complexity index is 638. The number of hydrogen-bond acceptors (Lipinski definition) is 4. The number of halogens is 1. The van der Waals surface area contributed by atoms with Crippen LogP contribution in [0.25, 0.3) is 0 Å². The first-order chi connectivity index (χ1) is 9.79. The van der Waals surface area contributed by atoms with Gasteiger partial charge in [0.1, 0.15) is 11.4 Å². The number of phenolic OH excluding ortho intramolecular Hbond substituents is 1. The highest BCUT2D eigenvalue weighted by Gasteiger charge is 2.24. The number of phenols is 1. The lowest BCUT2D eigenvalue weighted by Gasteiger charge is -2.22. The number of hydrogen-bond donors (Lipinski definition) is 3. The molecule has 0 fully saturated rings. The summed E-state index contributed by atoms with van der Waals surface area (Å²) in [5.41, 5.74) is 1.15. The van der Waals surface area contributed by atoms with E-state index in [1.165, 1.54) is 0 Å². The van der Waals surface area contributed by atoms with Gasteiger partial charge in [-0.05, 0) is 31.5 Å². The van der Waals surface area contributed by atoms with E-state index >= 15 is 0 Å². The zero-order valence-electron chi connectivity index (χ0n) is 12.4. The van der Waals surface area contributed by atoms with Crippen molar-refractivity contribution < 1.29 is 10.2 Å². The number of aromatic nitrogens is 2. The molecule has 114 valence electrons. The lowest BCUT2D eigenvalue weighted by atomic mass is 9.99. The molecule has 3 N–H and O–H groups in total. The molecule has 6 heteroatoms. The highest BCUT2D eigenvalue weighted by Crippen LogP contribution is 2.26. The Hall–Kier alpha value is -1.56. The lowest BCUT2D eigenvalue weighted by Crippen LogP contribution is -2.34. The lowest BCUT2D eigenvalue weighted by molar-refractivity contribution is 0.0565. The number of aryl methyl sites for hydroxylation is 2. The second-order valence-electron chi connectivity index (χ2n) is 5.51. The van der Waals surface area contributed by atoms with Crippen molar-refractivity contribution in [1.29, 1.82) is 0 Å². The van der Waals surface area contributed by atoms with Crippen LogP contribution in [0.15, 0.2) is 24.5 Å². The normalized spacial score (nSPS) is 14.1. The molecule has 1 aromatic carbocycles. The van der Waals surface area contributed by atoms with Gasteiger partial charge < -0.3 is 15.5 Å². The molecule has 0 spiro atoms. The van der Waals surface area contributed by atoms with Gasteiger partial charge in [-0.25, -0.2) is 0 Å². The Morgan fingerprint density at radius 3 is 2.76 bits per heavy atom. The fraction of sp³-hybridized carbons (Fsp3) is 0.400. The van der Waals surface area contributed by atoms with E-state index in [0.29, 0.717) is 23.7 Å². The van der Waals surface area contributed by atoms with Gasteiger partial charge in [0.25, 0.3) is 0 Å². The van der Waals surface area contributed by atoms with Crippen LogP contribution in [0.5, 0.6) is 5.75 Å². The van der Waals surface area contributed by atoms with E-state index < -0.39 is 5.60 Å². The van der Waals surface area contributed by atoms with Crippen molar-refractivity contribution in [2.75, 3.05) is 6.54 Å². The first-order valence-corrected chi connectivity index (χ1v) is 7.07. The van der Waals surface area contributed by atoms with Gasteiger partial charge in [-0.3, -0.25) is 4.68 Å². The summed E-state index contributed by atoms with van der Waals surface area (Å²) < 4.78 is 1.65. The smallest absolute Gasteiger partial charge is 0.123 e. The van der Waals surface area contributed by atoms with E-state index in [-0.39, 0.29) is 5.75 Å². The fourth-order valence-electron chi connectivity index (χ4n) is 2.18. The van der Waals surface area contributed by atoms with Gasteiger partial charge in [0.2, 0.25) is 0 Å². The molecular weight excluding hydrogens is 290 g/mol. The van der Waals surface area contributed by atoms with Crippen molar-refractivity contribution in [3.8, 4) is 5.75 Å². The van der Waals surface area contributed by atoms with Gasteiger partial charge in [0.05, 0.1) is 6.20 Å². The molecule has 2 rings (SSSR count). The molecule has 0 aliphatic rings. The van der Waals surface area contributed by atoms with Gasteiger partial charge in [0.15, 0.2) is 0 Å². The topological polar surface area (TPSA) is 70.3 Å². The van der Waals surface area contributed by atoms with Crippen LogP contribution in [0.3, 0.4) is 0 Å². The average molecular weight is 310 g/mol. The summed E-state index contributed by atoms with van der Waals surface area (Å²) in [6.45, 7) is 4.28. The molecule has 1 heterocycles. The minimum Gasteiger partial charge on any atom is -0.507 e. The van der Waals surface area contributed by atoms with E-state index in [1.54, 1.807) is 50.1 Å². The Morgan fingerprint density at radius 1 is 1.43 bits per heavy atom. The van der Waals surface area contributed by atoms with Crippen LogP contribution in [0.1, 0.15) is 23.6 Å². The van der Waals surface area contributed by atoms with E-state index in [4.69, 9.17) is 11.6 Å². The summed E-state index contributed by atoms with van der Waals surface area (Å²) in [6, 6.07) is 3.43. The third kappa shape index (κ3) is 3.75. The highest BCUT2D eigenvalue weighted by atomic mass is 35.5. The number of aliphatic hydroxyl groups is 1. The number of nitrogens with zero attached hydrogens (tertiary/aromatic N) is 2. The van der Waals surface area contributed by atoms with E-state index in [0.717, 1.165) is 11.1 Å². The Balaban J connectivity index is 2.01. The first kappa shape index (κ1) is 15.8. The highest BCUT2D eigenvalue weighted by molar-refractivity contribution is 6.30. The van der Waals surface area contributed by atoms with Crippen molar-refractivity contribution in [2.24, 2.45) is 7.05 Å². The maximum Gasteiger partial charge on any atom is 0.123 e. The van der Waals surface area contributed by atoms with Crippen LogP contribution >= 0.6 is 11.6 Å². The summed E-state index contributed by atoms with van der Waals surface area (Å²) in [6.07, 6.45) is 3.42. The molecule has 5 nitrogen and oxygen atoms in total. The second kappa shape index (κ2) is 6.05. The number of benzene rings is 1. The van der Waals surface area contributed by atoms with Gasteiger partial charge in [-0.2, -0.15) is 5.10 Å².